The number of fused-ring (bicyclic) bond motifs is 1. The van der Waals surface area contributed by atoms with Gasteiger partial charge in [-0.15, -0.1) is 0 Å². The highest BCUT2D eigenvalue weighted by atomic mass is 16.5. The van der Waals surface area contributed by atoms with Gasteiger partial charge >= 0.3 is 5.69 Å². The second-order valence-corrected chi connectivity index (χ2v) is 4.66. The van der Waals surface area contributed by atoms with Gasteiger partial charge in [0.05, 0.1) is 11.0 Å². The number of benzene rings is 1. The average Bonchev–Trinajstić information content (AvgIpc) is 3.05. The molecule has 0 aliphatic heterocycles. The van der Waals surface area contributed by atoms with Gasteiger partial charge in [-0.25, -0.2) is 4.79 Å². The van der Waals surface area contributed by atoms with Gasteiger partial charge in [-0.1, -0.05) is 11.2 Å². The van der Waals surface area contributed by atoms with Crippen molar-refractivity contribution in [2.45, 2.75) is 19.4 Å². The first-order valence-corrected chi connectivity index (χ1v) is 6.43. The highest BCUT2D eigenvalue weighted by molar-refractivity contribution is 5.75. The molecule has 0 spiro atoms. The van der Waals surface area contributed by atoms with Gasteiger partial charge in [0.1, 0.15) is 0 Å². The van der Waals surface area contributed by atoms with E-state index >= 15 is 0 Å². The Bertz CT molecular complexity index is 744. The molecule has 0 saturated heterocycles. The molecule has 1 atom stereocenters. The van der Waals surface area contributed by atoms with E-state index in [9.17, 15) is 4.79 Å². The lowest BCUT2D eigenvalue weighted by atomic mass is 10.1. The summed E-state index contributed by atoms with van der Waals surface area (Å²) >= 11 is 0. The van der Waals surface area contributed by atoms with E-state index in [1.54, 1.807) is 0 Å². The van der Waals surface area contributed by atoms with Crippen LogP contribution in [-0.4, -0.2) is 26.7 Å². The quantitative estimate of drug-likeness (QED) is 0.647. The lowest BCUT2D eigenvalue weighted by Gasteiger charge is -2.13. The summed E-state index contributed by atoms with van der Waals surface area (Å²) in [5, 5.41) is 7.14. The normalized spacial score (nSPS) is 12.8. The summed E-state index contributed by atoms with van der Waals surface area (Å²) < 4.78 is 4.68. The predicted octanol–water partition coefficient (Wildman–Crippen LogP) is 1.13. The van der Waals surface area contributed by atoms with Crippen LogP contribution in [0.25, 0.3) is 11.0 Å². The zero-order chi connectivity index (χ0) is 13.9. The summed E-state index contributed by atoms with van der Waals surface area (Å²) in [5.74, 6) is 0.690. The molecule has 1 aromatic carbocycles. The maximum absolute atomic E-state index is 11.2. The third kappa shape index (κ3) is 2.62. The molecule has 7 heteroatoms. The Morgan fingerprint density at radius 1 is 1.35 bits per heavy atom. The van der Waals surface area contributed by atoms with Crippen LogP contribution in [0.15, 0.2) is 33.9 Å². The van der Waals surface area contributed by atoms with Crippen LogP contribution < -0.4 is 11.0 Å². The second-order valence-electron chi connectivity index (χ2n) is 4.66. The SMILES string of the molecule is CC(NCCc1ncon1)c1ccc2[nH]c(=O)[nH]c2c1. The molecule has 0 radical (unpaired) electrons. The summed E-state index contributed by atoms with van der Waals surface area (Å²) in [6.07, 6.45) is 2.04. The molecule has 0 amide bonds. The minimum Gasteiger partial charge on any atom is -0.343 e. The molecule has 2 heterocycles. The Morgan fingerprint density at radius 2 is 2.20 bits per heavy atom. The van der Waals surface area contributed by atoms with E-state index in [-0.39, 0.29) is 11.7 Å². The maximum atomic E-state index is 11.2. The Labute approximate surface area is 114 Å². The molecule has 3 N–H and O–H groups in total. The van der Waals surface area contributed by atoms with E-state index in [0.29, 0.717) is 12.2 Å². The van der Waals surface area contributed by atoms with Crippen LogP contribution in [0.1, 0.15) is 24.4 Å². The highest BCUT2D eigenvalue weighted by Gasteiger charge is 2.07. The molecule has 0 fully saturated rings. The maximum Gasteiger partial charge on any atom is 0.323 e. The highest BCUT2D eigenvalue weighted by Crippen LogP contribution is 2.16. The third-order valence-corrected chi connectivity index (χ3v) is 3.25. The van der Waals surface area contributed by atoms with Crippen molar-refractivity contribution < 1.29 is 4.52 Å². The number of H-pyrrole nitrogens is 2. The Balaban J connectivity index is 1.65. The number of aromatic amines is 2. The van der Waals surface area contributed by atoms with Gasteiger partial charge in [0.25, 0.3) is 0 Å². The fraction of sp³-hybridized carbons (Fsp3) is 0.308. The average molecular weight is 273 g/mol. The van der Waals surface area contributed by atoms with Crippen LogP contribution in [0.5, 0.6) is 0 Å². The Kier molecular flexibility index (Phi) is 3.34. The molecule has 2 aromatic heterocycles. The first-order valence-electron chi connectivity index (χ1n) is 6.43. The van der Waals surface area contributed by atoms with Crippen molar-refractivity contribution in [3.63, 3.8) is 0 Å². The van der Waals surface area contributed by atoms with Crippen LogP contribution in [-0.2, 0) is 6.42 Å². The lowest BCUT2D eigenvalue weighted by molar-refractivity contribution is 0.408. The number of imidazole rings is 1. The molecule has 3 rings (SSSR count). The van der Waals surface area contributed by atoms with Crippen molar-refractivity contribution >= 4 is 11.0 Å². The van der Waals surface area contributed by atoms with Crippen LogP contribution >= 0.6 is 0 Å². The van der Waals surface area contributed by atoms with Crippen molar-refractivity contribution in [1.82, 2.24) is 25.4 Å². The number of rotatable bonds is 5. The Morgan fingerprint density at radius 3 is 3.00 bits per heavy atom. The van der Waals surface area contributed by atoms with E-state index in [4.69, 9.17) is 0 Å². The first-order chi connectivity index (χ1) is 9.72. The fourth-order valence-electron chi connectivity index (χ4n) is 2.14. The molecule has 0 bridgehead atoms. The molecule has 0 aliphatic carbocycles. The number of aromatic nitrogens is 4. The molecule has 1 unspecified atom stereocenters. The Hall–Kier alpha value is -2.41. The van der Waals surface area contributed by atoms with E-state index in [2.05, 4.69) is 36.9 Å². The summed E-state index contributed by atoms with van der Waals surface area (Å²) in [5.41, 5.74) is 2.56. The summed E-state index contributed by atoms with van der Waals surface area (Å²) in [6.45, 7) is 2.82. The fourth-order valence-corrected chi connectivity index (χ4v) is 2.14. The topological polar surface area (TPSA) is 99.6 Å². The second kappa shape index (κ2) is 5.30. The number of nitrogens with one attached hydrogen (secondary N) is 3. The zero-order valence-corrected chi connectivity index (χ0v) is 11.0. The van der Waals surface area contributed by atoms with Gasteiger partial charge in [-0.05, 0) is 24.6 Å². The molecular formula is C13H15N5O2. The smallest absolute Gasteiger partial charge is 0.323 e. The van der Waals surface area contributed by atoms with Crippen molar-refractivity contribution in [2.75, 3.05) is 6.54 Å². The van der Waals surface area contributed by atoms with E-state index in [0.717, 1.165) is 23.1 Å². The first kappa shape index (κ1) is 12.6. The summed E-state index contributed by atoms with van der Waals surface area (Å²) in [7, 11) is 0. The molecule has 20 heavy (non-hydrogen) atoms. The van der Waals surface area contributed by atoms with Gasteiger partial charge in [0.2, 0.25) is 6.39 Å². The summed E-state index contributed by atoms with van der Waals surface area (Å²) in [4.78, 5) is 20.7. The number of nitrogens with zero attached hydrogens (tertiary/aromatic N) is 2. The van der Waals surface area contributed by atoms with Crippen molar-refractivity contribution in [3.8, 4) is 0 Å². The zero-order valence-electron chi connectivity index (χ0n) is 11.0. The molecule has 0 aliphatic rings. The lowest BCUT2D eigenvalue weighted by Crippen LogP contribution is -2.21. The number of hydrogen-bond acceptors (Lipinski definition) is 5. The van der Waals surface area contributed by atoms with Crippen LogP contribution in [0.2, 0.25) is 0 Å². The predicted molar refractivity (Wildman–Crippen MR) is 73.3 cm³/mol. The third-order valence-electron chi connectivity index (χ3n) is 3.25. The van der Waals surface area contributed by atoms with Gasteiger partial charge in [-0.3, -0.25) is 0 Å². The monoisotopic (exact) mass is 273 g/mol. The van der Waals surface area contributed by atoms with Crippen LogP contribution in [0, 0.1) is 0 Å². The van der Waals surface area contributed by atoms with Crippen molar-refractivity contribution in [3.05, 3.63) is 46.5 Å². The number of hydrogen-bond donors (Lipinski definition) is 3. The molecule has 3 aromatic rings. The minimum absolute atomic E-state index is 0.171. The van der Waals surface area contributed by atoms with Crippen LogP contribution in [0.4, 0.5) is 0 Å². The molecule has 0 saturated carbocycles. The molecule has 7 nitrogen and oxygen atoms in total. The molecule has 104 valence electrons. The van der Waals surface area contributed by atoms with Gasteiger partial charge < -0.3 is 19.8 Å². The van der Waals surface area contributed by atoms with Crippen molar-refractivity contribution in [2.24, 2.45) is 0 Å². The minimum atomic E-state index is -0.185. The van der Waals surface area contributed by atoms with E-state index < -0.39 is 0 Å². The van der Waals surface area contributed by atoms with Gasteiger partial charge in [-0.2, -0.15) is 4.98 Å². The van der Waals surface area contributed by atoms with Crippen LogP contribution in [0.3, 0.4) is 0 Å². The van der Waals surface area contributed by atoms with Gasteiger partial charge in [0, 0.05) is 19.0 Å². The largest absolute Gasteiger partial charge is 0.343 e. The van der Waals surface area contributed by atoms with Crippen molar-refractivity contribution in [1.29, 1.82) is 0 Å². The molecular weight excluding hydrogens is 258 g/mol. The van der Waals surface area contributed by atoms with Gasteiger partial charge in [0.15, 0.2) is 5.82 Å². The van der Waals surface area contributed by atoms with E-state index in [1.807, 2.05) is 18.2 Å². The van der Waals surface area contributed by atoms with E-state index in [1.165, 1.54) is 6.39 Å². The standard InChI is InChI=1S/C13H15N5O2/c1-8(14-5-4-12-15-7-20-18-12)9-2-3-10-11(6-9)17-13(19)16-10/h2-3,6-8,14H,4-5H2,1H3,(H2,16,17,19). The summed E-state index contributed by atoms with van der Waals surface area (Å²) in [6, 6.07) is 6.04.